The molecule has 24 heavy (non-hydrogen) atoms. The second kappa shape index (κ2) is 5.92. The molecule has 1 amide bonds. The van der Waals surface area contributed by atoms with Gasteiger partial charge in [-0.1, -0.05) is 11.2 Å². The Kier molecular flexibility index (Phi) is 3.60. The van der Waals surface area contributed by atoms with E-state index in [0.29, 0.717) is 11.6 Å². The molecule has 0 bridgehead atoms. The molecule has 3 aromatic rings. The molecule has 0 spiro atoms. The fourth-order valence-corrected chi connectivity index (χ4v) is 3.01. The van der Waals surface area contributed by atoms with Crippen molar-refractivity contribution in [2.75, 3.05) is 5.32 Å². The third-order valence-corrected chi connectivity index (χ3v) is 4.29. The summed E-state index contributed by atoms with van der Waals surface area (Å²) in [6.07, 6.45) is 6.23. The smallest absolute Gasteiger partial charge is 0.322 e. The lowest BCUT2D eigenvalue weighted by molar-refractivity contribution is 0.101. The van der Waals surface area contributed by atoms with Crippen LogP contribution in [-0.4, -0.2) is 25.9 Å². The predicted molar refractivity (Wildman–Crippen MR) is 87.5 cm³/mol. The summed E-state index contributed by atoms with van der Waals surface area (Å²) in [5.41, 5.74) is 4.04. The Hall–Kier alpha value is -2.96. The molecule has 0 radical (unpaired) electrons. The van der Waals surface area contributed by atoms with Gasteiger partial charge in [-0.2, -0.15) is 5.10 Å². The van der Waals surface area contributed by atoms with Crippen LogP contribution in [0.3, 0.4) is 0 Å². The lowest BCUT2D eigenvalue weighted by Gasteiger charge is -2.15. The summed E-state index contributed by atoms with van der Waals surface area (Å²) in [5.74, 6) is 0.0688. The second-order valence-corrected chi connectivity index (χ2v) is 5.90. The molecule has 0 aliphatic heterocycles. The van der Waals surface area contributed by atoms with Gasteiger partial charge in [0, 0.05) is 18.8 Å². The molecular weight excluding hydrogens is 306 g/mol. The van der Waals surface area contributed by atoms with Crippen LogP contribution in [0.5, 0.6) is 0 Å². The zero-order chi connectivity index (χ0) is 16.5. The molecule has 4 rings (SSSR count). The van der Waals surface area contributed by atoms with Gasteiger partial charge in [0.1, 0.15) is 5.69 Å². The number of hydrogen-bond donors (Lipinski definition) is 1. The number of nitrogens with one attached hydrogen (secondary N) is 1. The van der Waals surface area contributed by atoms with E-state index in [0.717, 1.165) is 18.4 Å². The number of carbonyl (C=O) groups excluding carboxylic acids is 1. The van der Waals surface area contributed by atoms with E-state index in [-0.39, 0.29) is 11.9 Å². The molecule has 7 heteroatoms. The Morgan fingerprint density at radius 1 is 1.17 bits per heavy atom. The minimum absolute atomic E-state index is 0.0777. The SMILES string of the molecule is Cn1nccc1C(=O)Nc1nnc(-c2ccc3c(c2)CCCC3)o1. The van der Waals surface area contributed by atoms with E-state index in [1.54, 1.807) is 19.3 Å². The van der Waals surface area contributed by atoms with Crippen LogP contribution in [0.25, 0.3) is 11.5 Å². The number of nitrogens with zero attached hydrogens (tertiary/aromatic N) is 4. The topological polar surface area (TPSA) is 85.8 Å². The highest BCUT2D eigenvalue weighted by molar-refractivity contribution is 6.01. The van der Waals surface area contributed by atoms with Crippen molar-refractivity contribution in [1.82, 2.24) is 20.0 Å². The minimum Gasteiger partial charge on any atom is -0.403 e. The van der Waals surface area contributed by atoms with Gasteiger partial charge in [0.2, 0.25) is 5.89 Å². The number of aromatic nitrogens is 4. The Morgan fingerprint density at radius 2 is 2.00 bits per heavy atom. The minimum atomic E-state index is -0.337. The third-order valence-electron chi connectivity index (χ3n) is 4.29. The highest BCUT2D eigenvalue weighted by atomic mass is 16.4. The third kappa shape index (κ3) is 2.68. The first-order chi connectivity index (χ1) is 11.7. The Labute approximate surface area is 138 Å². The average molecular weight is 323 g/mol. The number of anilines is 1. The van der Waals surface area contributed by atoms with Gasteiger partial charge in [0.25, 0.3) is 5.91 Å². The molecule has 7 nitrogen and oxygen atoms in total. The normalized spacial score (nSPS) is 13.5. The van der Waals surface area contributed by atoms with Crippen LogP contribution in [0.15, 0.2) is 34.9 Å². The molecule has 0 saturated carbocycles. The van der Waals surface area contributed by atoms with E-state index >= 15 is 0 Å². The monoisotopic (exact) mass is 323 g/mol. The molecule has 1 aromatic carbocycles. The molecule has 2 heterocycles. The summed E-state index contributed by atoms with van der Waals surface area (Å²) >= 11 is 0. The summed E-state index contributed by atoms with van der Waals surface area (Å²) in [6, 6.07) is 7.92. The maximum Gasteiger partial charge on any atom is 0.322 e. The first kappa shape index (κ1) is 14.6. The van der Waals surface area contributed by atoms with Gasteiger partial charge >= 0.3 is 6.01 Å². The van der Waals surface area contributed by atoms with Crippen molar-refractivity contribution in [1.29, 1.82) is 0 Å². The highest BCUT2D eigenvalue weighted by Gasteiger charge is 2.16. The summed E-state index contributed by atoms with van der Waals surface area (Å²) in [6.45, 7) is 0. The van der Waals surface area contributed by atoms with Crippen LogP contribution in [0.1, 0.15) is 34.5 Å². The molecule has 0 unspecified atom stereocenters. The number of carbonyl (C=O) groups is 1. The van der Waals surface area contributed by atoms with Crippen molar-refractivity contribution in [3.05, 3.63) is 47.3 Å². The Bertz CT molecular complexity index is 896. The molecule has 0 saturated heterocycles. The largest absolute Gasteiger partial charge is 0.403 e. The average Bonchev–Trinajstić information content (AvgIpc) is 3.23. The number of benzene rings is 1. The van der Waals surface area contributed by atoms with Gasteiger partial charge in [0.15, 0.2) is 0 Å². The molecular formula is C17H17N5O2. The Morgan fingerprint density at radius 3 is 2.79 bits per heavy atom. The van der Waals surface area contributed by atoms with Crippen molar-refractivity contribution in [2.24, 2.45) is 7.05 Å². The van der Waals surface area contributed by atoms with Gasteiger partial charge in [-0.25, -0.2) is 0 Å². The van der Waals surface area contributed by atoms with Gasteiger partial charge < -0.3 is 4.42 Å². The number of rotatable bonds is 3. The van der Waals surface area contributed by atoms with E-state index in [2.05, 4.69) is 32.7 Å². The van der Waals surface area contributed by atoms with E-state index in [4.69, 9.17) is 4.42 Å². The standard InChI is InChI=1S/C17H17N5O2/c1-22-14(8-9-18-22)15(23)19-17-21-20-16(24-17)13-7-6-11-4-2-3-5-12(11)10-13/h6-10H,2-5H2,1H3,(H,19,21,23). The van der Waals surface area contributed by atoms with E-state index in [9.17, 15) is 4.79 Å². The molecule has 0 atom stereocenters. The molecule has 1 aliphatic rings. The van der Waals surface area contributed by atoms with Crippen molar-refractivity contribution < 1.29 is 9.21 Å². The van der Waals surface area contributed by atoms with Crippen LogP contribution in [-0.2, 0) is 19.9 Å². The van der Waals surface area contributed by atoms with Gasteiger partial charge in [-0.3, -0.25) is 14.8 Å². The van der Waals surface area contributed by atoms with E-state index < -0.39 is 0 Å². The van der Waals surface area contributed by atoms with Crippen LogP contribution in [0, 0.1) is 0 Å². The lowest BCUT2D eigenvalue weighted by atomic mass is 9.90. The fourth-order valence-electron chi connectivity index (χ4n) is 3.01. The number of fused-ring (bicyclic) bond motifs is 1. The van der Waals surface area contributed by atoms with Crippen molar-refractivity contribution in [3.8, 4) is 11.5 Å². The summed E-state index contributed by atoms with van der Waals surface area (Å²) in [4.78, 5) is 12.1. The van der Waals surface area contributed by atoms with Crippen LogP contribution in [0.4, 0.5) is 6.01 Å². The maximum atomic E-state index is 12.1. The molecule has 1 aliphatic carbocycles. The van der Waals surface area contributed by atoms with Crippen molar-refractivity contribution in [3.63, 3.8) is 0 Å². The first-order valence-electron chi connectivity index (χ1n) is 7.96. The summed E-state index contributed by atoms with van der Waals surface area (Å²) in [5, 5.41) is 14.5. The van der Waals surface area contributed by atoms with Crippen LogP contribution < -0.4 is 5.32 Å². The maximum absolute atomic E-state index is 12.1. The molecule has 2 aromatic heterocycles. The van der Waals surface area contributed by atoms with E-state index in [1.165, 1.54) is 28.7 Å². The summed E-state index contributed by atoms with van der Waals surface area (Å²) in [7, 11) is 1.70. The second-order valence-electron chi connectivity index (χ2n) is 5.90. The van der Waals surface area contributed by atoms with Crippen molar-refractivity contribution in [2.45, 2.75) is 25.7 Å². The fraction of sp³-hybridized carbons (Fsp3) is 0.294. The number of hydrogen-bond acceptors (Lipinski definition) is 5. The summed E-state index contributed by atoms with van der Waals surface area (Å²) < 4.78 is 7.07. The number of aryl methyl sites for hydroxylation is 3. The van der Waals surface area contributed by atoms with Gasteiger partial charge in [-0.15, -0.1) is 5.10 Å². The molecule has 0 fully saturated rings. The van der Waals surface area contributed by atoms with Crippen LogP contribution >= 0.6 is 0 Å². The van der Waals surface area contributed by atoms with Crippen molar-refractivity contribution >= 4 is 11.9 Å². The Balaban J connectivity index is 1.54. The predicted octanol–water partition coefficient (Wildman–Crippen LogP) is 2.60. The lowest BCUT2D eigenvalue weighted by Crippen LogP contribution is -2.16. The molecule has 1 N–H and O–H groups in total. The zero-order valence-corrected chi connectivity index (χ0v) is 13.3. The van der Waals surface area contributed by atoms with E-state index in [1.807, 2.05) is 6.07 Å². The van der Waals surface area contributed by atoms with Crippen LogP contribution in [0.2, 0.25) is 0 Å². The zero-order valence-electron chi connectivity index (χ0n) is 13.3. The highest BCUT2D eigenvalue weighted by Crippen LogP contribution is 2.27. The van der Waals surface area contributed by atoms with Gasteiger partial charge in [-0.05, 0) is 55.0 Å². The number of amides is 1. The molecule has 122 valence electrons. The van der Waals surface area contributed by atoms with Gasteiger partial charge in [0.05, 0.1) is 0 Å². The first-order valence-corrected chi connectivity index (χ1v) is 7.96. The quantitative estimate of drug-likeness (QED) is 0.800.